The van der Waals surface area contributed by atoms with E-state index in [4.69, 9.17) is 16.6 Å². The Bertz CT molecular complexity index is 462. The van der Waals surface area contributed by atoms with Crippen LogP contribution in [0.15, 0.2) is 22.8 Å². The molecule has 4 nitrogen and oxygen atoms in total. The highest BCUT2D eigenvalue weighted by molar-refractivity contribution is 7.80. The molecule has 1 aromatic rings. The van der Waals surface area contributed by atoms with Crippen LogP contribution in [-0.2, 0) is 6.54 Å². The van der Waals surface area contributed by atoms with E-state index in [1.165, 1.54) is 32.4 Å². The lowest BCUT2D eigenvalue weighted by Crippen LogP contribution is -2.57. The second-order valence-electron chi connectivity index (χ2n) is 6.24. The Morgan fingerprint density at radius 2 is 2.38 bits per heavy atom. The Labute approximate surface area is 132 Å². The number of nitrogens with zero attached hydrogens (tertiary/aromatic N) is 1. The van der Waals surface area contributed by atoms with Crippen LogP contribution < -0.4 is 10.6 Å². The minimum Gasteiger partial charge on any atom is -0.467 e. The fraction of sp³-hybridized carbons (Fsp3) is 0.688. The quantitative estimate of drug-likeness (QED) is 0.817. The van der Waals surface area contributed by atoms with E-state index in [0.717, 1.165) is 29.3 Å². The number of piperidine rings is 3. The summed E-state index contributed by atoms with van der Waals surface area (Å²) >= 11 is 5.35. The molecule has 116 valence electrons. The first-order chi connectivity index (χ1) is 10.3. The predicted molar refractivity (Wildman–Crippen MR) is 88.0 cm³/mol. The van der Waals surface area contributed by atoms with Crippen LogP contribution in [0.4, 0.5) is 0 Å². The average molecular weight is 307 g/mol. The molecular weight excluding hydrogens is 282 g/mol. The van der Waals surface area contributed by atoms with Crippen molar-refractivity contribution >= 4 is 17.3 Å². The minimum atomic E-state index is 0.647. The van der Waals surface area contributed by atoms with Crippen LogP contribution in [0.5, 0.6) is 0 Å². The lowest BCUT2D eigenvalue weighted by Gasteiger charge is -2.50. The summed E-state index contributed by atoms with van der Waals surface area (Å²) in [5.74, 6) is 2.75. The van der Waals surface area contributed by atoms with E-state index in [9.17, 15) is 0 Å². The van der Waals surface area contributed by atoms with E-state index in [0.29, 0.717) is 12.6 Å². The van der Waals surface area contributed by atoms with Gasteiger partial charge in [0.15, 0.2) is 5.11 Å². The second-order valence-corrected chi connectivity index (χ2v) is 6.65. The van der Waals surface area contributed by atoms with Crippen molar-refractivity contribution in [2.75, 3.05) is 19.6 Å². The normalized spacial score (nSPS) is 31.1. The third-order valence-electron chi connectivity index (χ3n) is 5.04. The molecule has 2 bridgehead atoms. The maximum Gasteiger partial charge on any atom is 0.166 e. The highest BCUT2D eigenvalue weighted by Gasteiger charge is 2.38. The molecule has 0 amide bonds. The molecule has 5 heteroatoms. The summed E-state index contributed by atoms with van der Waals surface area (Å²) in [7, 11) is 0. The van der Waals surface area contributed by atoms with Gasteiger partial charge in [-0.25, -0.2) is 0 Å². The second kappa shape index (κ2) is 6.79. The fourth-order valence-electron chi connectivity index (χ4n) is 3.78. The number of fused-ring (bicyclic) bond motifs is 3. The molecule has 4 rings (SSSR count). The van der Waals surface area contributed by atoms with Gasteiger partial charge in [0.1, 0.15) is 5.76 Å². The minimum absolute atomic E-state index is 0.647. The molecule has 1 aromatic heterocycles. The van der Waals surface area contributed by atoms with Crippen molar-refractivity contribution in [1.29, 1.82) is 0 Å². The first kappa shape index (κ1) is 14.9. The monoisotopic (exact) mass is 307 g/mol. The standard InChI is InChI=1S/C16H25N3OS/c1-2-12-11-19-6-5-13(12)8-14(19)9-17-16(21)18-10-15-4-3-7-20-15/h3-4,7,12-14H,2,5-6,8-11H2,1H3,(H2,17,18,21)/t12-,13-,14+/m0/s1. The zero-order valence-corrected chi connectivity index (χ0v) is 13.5. The molecule has 2 N–H and O–H groups in total. The van der Waals surface area contributed by atoms with Gasteiger partial charge in [-0.3, -0.25) is 4.90 Å². The number of thiocarbonyl (C=S) groups is 1. The van der Waals surface area contributed by atoms with Crippen molar-refractivity contribution in [2.45, 2.75) is 38.8 Å². The van der Waals surface area contributed by atoms with Gasteiger partial charge < -0.3 is 15.1 Å². The summed E-state index contributed by atoms with van der Waals surface area (Å²) in [5, 5.41) is 7.29. The number of rotatable bonds is 5. The lowest BCUT2D eigenvalue weighted by atomic mass is 9.74. The van der Waals surface area contributed by atoms with Gasteiger partial charge in [-0.05, 0) is 55.6 Å². The Kier molecular flexibility index (Phi) is 4.80. The maximum atomic E-state index is 5.35. The van der Waals surface area contributed by atoms with Crippen LogP contribution >= 0.6 is 12.2 Å². The van der Waals surface area contributed by atoms with Crippen LogP contribution in [-0.4, -0.2) is 35.7 Å². The highest BCUT2D eigenvalue weighted by Crippen LogP contribution is 2.37. The third kappa shape index (κ3) is 3.58. The van der Waals surface area contributed by atoms with Crippen molar-refractivity contribution < 1.29 is 4.42 Å². The smallest absolute Gasteiger partial charge is 0.166 e. The highest BCUT2D eigenvalue weighted by atomic mass is 32.1. The molecule has 3 saturated heterocycles. The molecule has 3 aliphatic heterocycles. The predicted octanol–water partition coefficient (Wildman–Crippen LogP) is 2.36. The summed E-state index contributed by atoms with van der Waals surface area (Å²) in [6.45, 7) is 6.47. The Balaban J connectivity index is 1.40. The van der Waals surface area contributed by atoms with Crippen molar-refractivity contribution in [3.05, 3.63) is 24.2 Å². The van der Waals surface area contributed by atoms with E-state index < -0.39 is 0 Å². The molecule has 0 aromatic carbocycles. The molecule has 4 atom stereocenters. The average Bonchev–Trinajstić information content (AvgIpc) is 3.04. The van der Waals surface area contributed by atoms with Crippen LogP contribution in [0.3, 0.4) is 0 Å². The van der Waals surface area contributed by atoms with Crippen LogP contribution in [0.2, 0.25) is 0 Å². The summed E-state index contributed by atoms with van der Waals surface area (Å²) < 4.78 is 5.28. The van der Waals surface area contributed by atoms with Gasteiger partial charge in [0.2, 0.25) is 0 Å². The zero-order valence-electron chi connectivity index (χ0n) is 12.7. The van der Waals surface area contributed by atoms with Crippen molar-refractivity contribution in [3.63, 3.8) is 0 Å². The molecule has 3 aliphatic rings. The van der Waals surface area contributed by atoms with E-state index in [1.807, 2.05) is 12.1 Å². The topological polar surface area (TPSA) is 40.4 Å². The van der Waals surface area contributed by atoms with E-state index >= 15 is 0 Å². The summed E-state index contributed by atoms with van der Waals surface area (Å²) in [6, 6.07) is 4.49. The van der Waals surface area contributed by atoms with Gasteiger partial charge in [-0.2, -0.15) is 0 Å². The van der Waals surface area contributed by atoms with Gasteiger partial charge in [0.05, 0.1) is 12.8 Å². The molecular formula is C16H25N3OS. The number of hydrogen-bond acceptors (Lipinski definition) is 3. The Morgan fingerprint density at radius 3 is 3.05 bits per heavy atom. The first-order valence-corrected chi connectivity index (χ1v) is 8.45. The summed E-state index contributed by atoms with van der Waals surface area (Å²) in [6.07, 6.45) is 5.72. The molecule has 21 heavy (non-hydrogen) atoms. The van der Waals surface area contributed by atoms with Gasteiger partial charge in [-0.1, -0.05) is 13.3 Å². The van der Waals surface area contributed by atoms with Crippen LogP contribution in [0.1, 0.15) is 31.9 Å². The zero-order chi connectivity index (χ0) is 14.7. The fourth-order valence-corrected chi connectivity index (χ4v) is 3.93. The molecule has 0 radical (unpaired) electrons. The van der Waals surface area contributed by atoms with Gasteiger partial charge in [-0.15, -0.1) is 0 Å². The van der Waals surface area contributed by atoms with Gasteiger partial charge in [0.25, 0.3) is 0 Å². The molecule has 0 aliphatic carbocycles. The SMILES string of the molecule is CC[C@H]1CN2CC[C@H]1C[C@@H]2CNC(=S)NCc1ccco1. The van der Waals surface area contributed by atoms with E-state index in [-0.39, 0.29) is 0 Å². The number of nitrogens with one attached hydrogen (secondary N) is 2. The van der Waals surface area contributed by atoms with Gasteiger partial charge in [0, 0.05) is 19.1 Å². The molecule has 0 saturated carbocycles. The summed E-state index contributed by atoms with van der Waals surface area (Å²) in [5.41, 5.74) is 0. The number of hydrogen-bond donors (Lipinski definition) is 2. The summed E-state index contributed by atoms with van der Waals surface area (Å²) in [4.78, 5) is 2.65. The number of furan rings is 1. The largest absolute Gasteiger partial charge is 0.467 e. The molecule has 1 unspecified atom stereocenters. The maximum absolute atomic E-state index is 5.35. The molecule has 3 fully saturated rings. The van der Waals surface area contributed by atoms with E-state index in [1.54, 1.807) is 6.26 Å². The third-order valence-corrected chi connectivity index (χ3v) is 5.33. The van der Waals surface area contributed by atoms with Crippen LogP contribution in [0, 0.1) is 11.8 Å². The Hall–Kier alpha value is -1.07. The van der Waals surface area contributed by atoms with Crippen molar-refractivity contribution in [2.24, 2.45) is 11.8 Å². The van der Waals surface area contributed by atoms with Crippen molar-refractivity contribution in [1.82, 2.24) is 15.5 Å². The first-order valence-electron chi connectivity index (χ1n) is 8.04. The Morgan fingerprint density at radius 1 is 1.48 bits per heavy atom. The molecule has 4 heterocycles. The molecule has 0 spiro atoms. The lowest BCUT2D eigenvalue weighted by molar-refractivity contribution is 0.00205. The van der Waals surface area contributed by atoms with Crippen LogP contribution in [0.25, 0.3) is 0 Å². The van der Waals surface area contributed by atoms with E-state index in [2.05, 4.69) is 22.5 Å². The van der Waals surface area contributed by atoms with Crippen molar-refractivity contribution in [3.8, 4) is 0 Å². The van der Waals surface area contributed by atoms with Gasteiger partial charge >= 0.3 is 0 Å².